The Hall–Kier alpha value is -1.73. The number of nitrogens with two attached hydrogens (primary N) is 1. The lowest BCUT2D eigenvalue weighted by atomic mass is 9.80. The maximum atomic E-state index is 13.2. The number of amides is 1. The van der Waals surface area contributed by atoms with Crippen LogP contribution >= 0.6 is 11.3 Å². The minimum Gasteiger partial charge on any atom is -0.380 e. The van der Waals surface area contributed by atoms with Crippen LogP contribution < -0.4 is 5.73 Å². The van der Waals surface area contributed by atoms with Crippen molar-refractivity contribution in [3.05, 3.63) is 46.8 Å². The van der Waals surface area contributed by atoms with E-state index in [9.17, 15) is 4.79 Å². The van der Waals surface area contributed by atoms with Crippen LogP contribution in [0.2, 0.25) is 0 Å². The predicted octanol–water partition coefficient (Wildman–Crippen LogP) is 3.95. The number of likely N-dealkylation sites (tertiary alicyclic amines) is 1. The molecule has 1 saturated heterocycles. The van der Waals surface area contributed by atoms with Crippen LogP contribution in [0.1, 0.15) is 42.5 Å². The Morgan fingerprint density at radius 2 is 2.00 bits per heavy atom. The number of hydrogen-bond acceptors (Lipinski definition) is 5. The van der Waals surface area contributed by atoms with Crippen LogP contribution in [0.5, 0.6) is 0 Å². The molecule has 2 fully saturated rings. The van der Waals surface area contributed by atoms with Gasteiger partial charge in [-0.3, -0.25) is 4.79 Å². The molecule has 166 valence electrons. The fourth-order valence-corrected chi connectivity index (χ4v) is 6.81. The van der Waals surface area contributed by atoms with Gasteiger partial charge < -0.3 is 20.1 Å². The van der Waals surface area contributed by atoms with Crippen molar-refractivity contribution in [3.63, 3.8) is 0 Å². The Balaban J connectivity index is 1.29. The van der Waals surface area contributed by atoms with Crippen LogP contribution in [0.25, 0.3) is 10.4 Å². The highest BCUT2D eigenvalue weighted by atomic mass is 32.1. The summed E-state index contributed by atoms with van der Waals surface area (Å²) < 4.78 is 12.0. The minimum absolute atomic E-state index is 0.00900. The second kappa shape index (κ2) is 8.66. The molecule has 31 heavy (non-hydrogen) atoms. The van der Waals surface area contributed by atoms with Crippen molar-refractivity contribution in [3.8, 4) is 10.4 Å². The average Bonchev–Trinajstić information content (AvgIpc) is 3.26. The maximum absolute atomic E-state index is 13.2. The van der Waals surface area contributed by atoms with E-state index in [-0.39, 0.29) is 29.6 Å². The molecule has 2 aromatic rings. The van der Waals surface area contributed by atoms with Gasteiger partial charge in [0.2, 0.25) is 5.91 Å². The maximum Gasteiger partial charge on any atom is 0.225 e. The number of nitrogens with zero attached hydrogens (tertiary/aromatic N) is 1. The standard InChI is InChI=1S/C25H32N2O3S/c1-29-21-15-18(7-8-20(21)26)24(28)27-12-10-25(11-13-27)19-16-23(17-5-3-2-4-6-17)31-22(19)9-14-30-25/h2-6,16,18,20-21H,7-15,26H2,1H3/t18-,20-,21-/m0/s1. The van der Waals surface area contributed by atoms with Gasteiger partial charge in [-0.2, -0.15) is 0 Å². The van der Waals surface area contributed by atoms with Crippen molar-refractivity contribution < 1.29 is 14.3 Å². The summed E-state index contributed by atoms with van der Waals surface area (Å²) in [6, 6.07) is 13.0. The van der Waals surface area contributed by atoms with E-state index in [1.807, 2.05) is 11.3 Å². The SMILES string of the molecule is CO[C@H]1C[C@@H](C(=O)N2CCC3(CC2)OCCc2sc(-c4ccccc4)cc23)CC[C@@H]1N. The second-order valence-corrected chi connectivity index (χ2v) is 10.3. The van der Waals surface area contributed by atoms with E-state index in [0.29, 0.717) is 0 Å². The lowest BCUT2D eigenvalue weighted by Crippen LogP contribution is -2.51. The van der Waals surface area contributed by atoms with Crippen molar-refractivity contribution in [1.29, 1.82) is 0 Å². The van der Waals surface area contributed by atoms with Crippen molar-refractivity contribution in [1.82, 2.24) is 4.90 Å². The molecule has 3 atom stereocenters. The Labute approximate surface area is 188 Å². The first-order valence-corrected chi connectivity index (χ1v) is 12.3. The van der Waals surface area contributed by atoms with Crippen LogP contribution in [0, 0.1) is 5.92 Å². The molecule has 0 unspecified atom stereocenters. The van der Waals surface area contributed by atoms with Crippen LogP contribution in [0.15, 0.2) is 36.4 Å². The molecule has 0 radical (unpaired) electrons. The number of piperidine rings is 1. The number of methoxy groups -OCH3 is 1. The van der Waals surface area contributed by atoms with E-state index in [2.05, 4.69) is 41.3 Å². The Kier molecular flexibility index (Phi) is 5.90. The highest BCUT2D eigenvalue weighted by Gasteiger charge is 2.44. The predicted molar refractivity (Wildman–Crippen MR) is 123 cm³/mol. The number of fused-ring (bicyclic) bond motifs is 2. The summed E-state index contributed by atoms with van der Waals surface area (Å²) in [5.41, 5.74) is 8.54. The molecule has 3 heterocycles. The van der Waals surface area contributed by atoms with Crippen LogP contribution in [0.3, 0.4) is 0 Å². The number of thiophene rings is 1. The summed E-state index contributed by atoms with van der Waals surface area (Å²) in [4.78, 5) is 18.0. The fraction of sp³-hybridized carbons (Fsp3) is 0.560. The zero-order valence-electron chi connectivity index (χ0n) is 18.2. The lowest BCUT2D eigenvalue weighted by Gasteiger charge is -2.45. The lowest BCUT2D eigenvalue weighted by molar-refractivity contribution is -0.147. The molecule has 2 N–H and O–H groups in total. The molecule has 1 aliphatic carbocycles. The molecule has 1 aromatic heterocycles. The minimum atomic E-state index is -0.238. The number of ether oxygens (including phenoxy) is 2. The third-order valence-electron chi connectivity index (χ3n) is 7.44. The van der Waals surface area contributed by atoms with E-state index >= 15 is 0 Å². The van der Waals surface area contributed by atoms with Gasteiger partial charge in [0.15, 0.2) is 0 Å². The first kappa shape index (κ1) is 21.1. The van der Waals surface area contributed by atoms with Gasteiger partial charge in [-0.05, 0) is 49.3 Å². The van der Waals surface area contributed by atoms with Gasteiger partial charge in [-0.25, -0.2) is 0 Å². The highest BCUT2D eigenvalue weighted by Crippen LogP contribution is 2.47. The normalized spacial score (nSPS) is 27.8. The Bertz CT molecular complexity index is 920. The van der Waals surface area contributed by atoms with Crippen molar-refractivity contribution in [2.24, 2.45) is 11.7 Å². The summed E-state index contributed by atoms with van der Waals surface area (Å²) >= 11 is 1.90. The van der Waals surface area contributed by atoms with Gasteiger partial charge in [-0.1, -0.05) is 30.3 Å². The average molecular weight is 441 g/mol. The highest BCUT2D eigenvalue weighted by molar-refractivity contribution is 7.15. The van der Waals surface area contributed by atoms with E-state index < -0.39 is 0 Å². The molecule has 3 aliphatic rings. The number of carbonyl (C=O) groups excluding carboxylic acids is 1. The van der Waals surface area contributed by atoms with Crippen LogP contribution in [0.4, 0.5) is 0 Å². The molecule has 5 nitrogen and oxygen atoms in total. The van der Waals surface area contributed by atoms with Crippen LogP contribution in [-0.2, 0) is 26.3 Å². The summed E-state index contributed by atoms with van der Waals surface area (Å²) in [5.74, 6) is 0.308. The van der Waals surface area contributed by atoms with Crippen molar-refractivity contribution >= 4 is 17.2 Å². The third-order valence-corrected chi connectivity index (χ3v) is 8.69. The summed E-state index contributed by atoms with van der Waals surface area (Å²) in [5, 5.41) is 0. The second-order valence-electron chi connectivity index (χ2n) is 9.18. The molecule has 1 spiro atoms. The molecule has 5 rings (SSSR count). The Morgan fingerprint density at radius 1 is 1.23 bits per heavy atom. The van der Waals surface area contributed by atoms with Gasteiger partial charge in [0, 0.05) is 48.3 Å². The first-order valence-electron chi connectivity index (χ1n) is 11.5. The molecule has 1 saturated carbocycles. The van der Waals surface area contributed by atoms with Gasteiger partial charge in [0.1, 0.15) is 0 Å². The van der Waals surface area contributed by atoms with E-state index in [4.69, 9.17) is 15.2 Å². The number of carbonyl (C=O) groups is 1. The summed E-state index contributed by atoms with van der Waals surface area (Å²) in [7, 11) is 1.70. The molecule has 1 amide bonds. The molecule has 0 bridgehead atoms. The van der Waals surface area contributed by atoms with Gasteiger partial charge >= 0.3 is 0 Å². The van der Waals surface area contributed by atoms with Crippen LogP contribution in [-0.4, -0.2) is 49.8 Å². The van der Waals surface area contributed by atoms with E-state index in [0.717, 1.165) is 58.2 Å². The molecule has 1 aromatic carbocycles. The Morgan fingerprint density at radius 3 is 2.74 bits per heavy atom. The number of hydrogen-bond donors (Lipinski definition) is 1. The fourth-order valence-electron chi connectivity index (χ4n) is 5.57. The third kappa shape index (κ3) is 3.95. The van der Waals surface area contributed by atoms with Gasteiger partial charge in [-0.15, -0.1) is 11.3 Å². The monoisotopic (exact) mass is 440 g/mol. The zero-order chi connectivity index (χ0) is 21.4. The molecule has 6 heteroatoms. The first-order chi connectivity index (χ1) is 15.1. The largest absolute Gasteiger partial charge is 0.380 e. The van der Waals surface area contributed by atoms with E-state index in [1.54, 1.807) is 7.11 Å². The zero-order valence-corrected chi connectivity index (χ0v) is 19.0. The summed E-state index contributed by atoms with van der Waals surface area (Å²) in [6.45, 7) is 2.29. The van der Waals surface area contributed by atoms with Crippen molar-refractivity contribution in [2.45, 2.75) is 56.3 Å². The quantitative estimate of drug-likeness (QED) is 0.785. The topological polar surface area (TPSA) is 64.8 Å². The van der Waals surface area contributed by atoms with Gasteiger partial charge in [0.05, 0.1) is 18.3 Å². The molecule has 2 aliphatic heterocycles. The smallest absolute Gasteiger partial charge is 0.225 e. The van der Waals surface area contributed by atoms with Crippen molar-refractivity contribution in [2.75, 3.05) is 26.8 Å². The molecular weight excluding hydrogens is 408 g/mol. The van der Waals surface area contributed by atoms with Gasteiger partial charge in [0.25, 0.3) is 0 Å². The summed E-state index contributed by atoms with van der Waals surface area (Å²) in [6.07, 6.45) is 5.18. The number of benzene rings is 1. The number of rotatable bonds is 3. The van der Waals surface area contributed by atoms with E-state index in [1.165, 1.54) is 20.9 Å². The molecular formula is C25H32N2O3S.